The van der Waals surface area contributed by atoms with Gasteiger partial charge in [-0.1, -0.05) is 57.9 Å². The van der Waals surface area contributed by atoms with Crippen LogP contribution in [0.5, 0.6) is 0 Å². The molecule has 110 valence electrons. The zero-order valence-electron chi connectivity index (χ0n) is 12.6. The third-order valence-corrected chi connectivity index (χ3v) is 3.01. The molecule has 0 radical (unpaired) electrons. The summed E-state index contributed by atoms with van der Waals surface area (Å²) in [6, 6.07) is 0. The van der Waals surface area contributed by atoms with Crippen molar-refractivity contribution in [3.63, 3.8) is 0 Å². The normalized spacial score (nSPS) is 11.5. The van der Waals surface area contributed by atoms with Crippen molar-refractivity contribution >= 4 is 12.2 Å². The monoisotopic (exact) mass is 267 g/mol. The molecule has 0 aliphatic carbocycles. The van der Waals surface area contributed by atoms with Gasteiger partial charge >= 0.3 is 5.97 Å². The first-order valence-corrected chi connectivity index (χ1v) is 7.54. The number of hydrogen-bond donors (Lipinski definition) is 0. The number of methoxy groups -OCH3 is 1. The topological polar surface area (TPSA) is 38.7 Å². The predicted molar refractivity (Wildman–Crippen MR) is 81.5 cm³/mol. The molecular formula is C16H29NO2. The van der Waals surface area contributed by atoms with Gasteiger partial charge in [-0.2, -0.15) is 0 Å². The maximum atomic E-state index is 10.8. The summed E-state index contributed by atoms with van der Waals surface area (Å²) < 4.78 is 4.50. The number of rotatable bonds is 12. The highest BCUT2D eigenvalue weighted by molar-refractivity contribution is 5.85. The molecule has 0 aromatic rings. The van der Waals surface area contributed by atoms with Gasteiger partial charge in [0.05, 0.1) is 13.5 Å². The Morgan fingerprint density at radius 2 is 1.68 bits per heavy atom. The van der Waals surface area contributed by atoms with Crippen LogP contribution in [0.4, 0.5) is 0 Å². The Hall–Kier alpha value is -1.12. The zero-order chi connectivity index (χ0) is 14.2. The number of unbranched alkanes of at least 4 members (excludes halogenated alkanes) is 8. The fourth-order valence-corrected chi connectivity index (χ4v) is 1.80. The number of allylic oxidation sites excluding steroid dienone is 1. The maximum absolute atomic E-state index is 10.8. The van der Waals surface area contributed by atoms with Crippen molar-refractivity contribution in [2.24, 2.45) is 4.99 Å². The summed E-state index contributed by atoms with van der Waals surface area (Å²) in [5.74, 6) is -0.250. The Morgan fingerprint density at radius 1 is 1.05 bits per heavy atom. The molecule has 0 amide bonds. The van der Waals surface area contributed by atoms with Gasteiger partial charge in [-0.05, 0) is 12.8 Å². The summed E-state index contributed by atoms with van der Waals surface area (Å²) in [7, 11) is 1.38. The molecule has 0 unspecified atom stereocenters. The molecule has 0 aliphatic heterocycles. The van der Waals surface area contributed by atoms with Gasteiger partial charge in [0.25, 0.3) is 0 Å². The van der Waals surface area contributed by atoms with Crippen molar-refractivity contribution in [3.05, 3.63) is 12.3 Å². The van der Waals surface area contributed by atoms with Gasteiger partial charge in [0, 0.05) is 12.4 Å². The van der Waals surface area contributed by atoms with Crippen LogP contribution in [0.15, 0.2) is 17.3 Å². The molecule has 0 N–H and O–H groups in total. The van der Waals surface area contributed by atoms with Crippen LogP contribution in [0, 0.1) is 0 Å². The molecule has 0 aromatic heterocycles. The van der Waals surface area contributed by atoms with Crippen molar-refractivity contribution in [2.45, 2.75) is 71.1 Å². The third kappa shape index (κ3) is 14.8. The minimum atomic E-state index is -0.250. The summed E-state index contributed by atoms with van der Waals surface area (Å²) >= 11 is 0. The first kappa shape index (κ1) is 17.9. The van der Waals surface area contributed by atoms with Gasteiger partial charge in [-0.25, -0.2) is 0 Å². The lowest BCUT2D eigenvalue weighted by Crippen LogP contribution is -1.99. The molecule has 19 heavy (non-hydrogen) atoms. The lowest BCUT2D eigenvalue weighted by molar-refractivity contribution is -0.139. The Labute approximate surface area is 118 Å². The number of carbonyl (C=O) groups is 1. The maximum Gasteiger partial charge on any atom is 0.310 e. The highest BCUT2D eigenvalue weighted by atomic mass is 16.5. The molecule has 0 spiro atoms. The highest BCUT2D eigenvalue weighted by Gasteiger charge is 1.93. The summed E-state index contributed by atoms with van der Waals surface area (Å²) in [6.45, 7) is 2.25. The number of aliphatic imine (C=N–C) groups is 1. The summed E-state index contributed by atoms with van der Waals surface area (Å²) in [4.78, 5) is 14.8. The van der Waals surface area contributed by atoms with Crippen LogP contribution in [0.2, 0.25) is 0 Å². The molecule has 0 saturated heterocycles. The van der Waals surface area contributed by atoms with Gasteiger partial charge in [0.15, 0.2) is 0 Å². The molecule has 3 nitrogen and oxygen atoms in total. The van der Waals surface area contributed by atoms with E-state index in [1.54, 1.807) is 12.4 Å². The second-order valence-corrected chi connectivity index (χ2v) is 4.76. The van der Waals surface area contributed by atoms with Crippen molar-refractivity contribution in [3.8, 4) is 0 Å². The smallest absolute Gasteiger partial charge is 0.310 e. The van der Waals surface area contributed by atoms with E-state index in [-0.39, 0.29) is 12.4 Å². The van der Waals surface area contributed by atoms with Gasteiger partial charge in [-0.3, -0.25) is 9.79 Å². The Kier molecular flexibility index (Phi) is 14.1. The standard InChI is InChI=1S/C16H29NO2/c1-3-4-5-6-7-8-9-10-11-12-14-17-15-13-16(18)19-2/h12,14-15H,3-11,13H2,1-2H3. The number of esters is 1. The number of nitrogens with zero attached hydrogens (tertiary/aromatic N) is 1. The summed E-state index contributed by atoms with van der Waals surface area (Å²) in [6.07, 6.45) is 17.5. The Morgan fingerprint density at radius 3 is 2.32 bits per heavy atom. The van der Waals surface area contributed by atoms with Gasteiger partial charge in [-0.15, -0.1) is 0 Å². The lowest BCUT2D eigenvalue weighted by Gasteiger charge is -1.99. The van der Waals surface area contributed by atoms with E-state index in [0.29, 0.717) is 0 Å². The lowest BCUT2D eigenvalue weighted by atomic mass is 10.1. The quantitative estimate of drug-likeness (QED) is 0.293. The predicted octanol–water partition coefficient (Wildman–Crippen LogP) is 4.66. The molecule has 0 atom stereocenters. The van der Waals surface area contributed by atoms with Crippen LogP contribution < -0.4 is 0 Å². The first-order chi connectivity index (χ1) is 9.31. The summed E-state index contributed by atoms with van der Waals surface area (Å²) in [5.41, 5.74) is 0. The second kappa shape index (κ2) is 14.9. The van der Waals surface area contributed by atoms with Crippen LogP contribution >= 0.6 is 0 Å². The SMILES string of the molecule is CCCCCCCCCCC=CN=CCC(=O)OC. The Balaban J connectivity index is 3.23. The average molecular weight is 267 g/mol. The van der Waals surface area contributed by atoms with E-state index in [9.17, 15) is 4.79 Å². The molecule has 0 heterocycles. The van der Waals surface area contributed by atoms with Crippen molar-refractivity contribution in [1.82, 2.24) is 0 Å². The molecule has 0 aromatic carbocycles. The molecule has 0 rings (SSSR count). The summed E-state index contributed by atoms with van der Waals surface area (Å²) in [5, 5.41) is 0. The highest BCUT2D eigenvalue weighted by Crippen LogP contribution is 2.09. The second-order valence-electron chi connectivity index (χ2n) is 4.76. The number of carbonyl (C=O) groups excluding carboxylic acids is 1. The molecule has 0 saturated carbocycles. The first-order valence-electron chi connectivity index (χ1n) is 7.54. The van der Waals surface area contributed by atoms with Gasteiger partial charge < -0.3 is 4.74 Å². The average Bonchev–Trinajstić information content (AvgIpc) is 2.43. The van der Waals surface area contributed by atoms with Crippen LogP contribution in [-0.4, -0.2) is 19.3 Å². The van der Waals surface area contributed by atoms with E-state index >= 15 is 0 Å². The molecule has 0 bridgehead atoms. The molecule has 0 fully saturated rings. The van der Waals surface area contributed by atoms with E-state index in [2.05, 4.69) is 22.7 Å². The van der Waals surface area contributed by atoms with E-state index < -0.39 is 0 Å². The Bertz CT molecular complexity index is 259. The van der Waals surface area contributed by atoms with E-state index in [4.69, 9.17) is 0 Å². The van der Waals surface area contributed by atoms with Gasteiger partial charge in [0.1, 0.15) is 0 Å². The zero-order valence-corrected chi connectivity index (χ0v) is 12.6. The van der Waals surface area contributed by atoms with Crippen molar-refractivity contribution in [1.29, 1.82) is 0 Å². The molecular weight excluding hydrogens is 238 g/mol. The van der Waals surface area contributed by atoms with Crippen molar-refractivity contribution < 1.29 is 9.53 Å². The fraction of sp³-hybridized carbons (Fsp3) is 0.750. The minimum Gasteiger partial charge on any atom is -0.469 e. The van der Waals surface area contributed by atoms with E-state index in [1.165, 1.54) is 58.5 Å². The van der Waals surface area contributed by atoms with Crippen LogP contribution in [-0.2, 0) is 9.53 Å². The van der Waals surface area contributed by atoms with Gasteiger partial charge in [0.2, 0.25) is 0 Å². The fourth-order valence-electron chi connectivity index (χ4n) is 1.80. The number of ether oxygens (including phenoxy) is 1. The van der Waals surface area contributed by atoms with Crippen LogP contribution in [0.3, 0.4) is 0 Å². The number of hydrogen-bond acceptors (Lipinski definition) is 3. The molecule has 0 aliphatic rings. The van der Waals surface area contributed by atoms with E-state index in [1.807, 2.05) is 0 Å². The van der Waals surface area contributed by atoms with Crippen LogP contribution in [0.25, 0.3) is 0 Å². The van der Waals surface area contributed by atoms with Crippen molar-refractivity contribution in [2.75, 3.05) is 7.11 Å². The van der Waals surface area contributed by atoms with Crippen LogP contribution in [0.1, 0.15) is 71.1 Å². The minimum absolute atomic E-state index is 0.249. The third-order valence-electron chi connectivity index (χ3n) is 3.01. The van der Waals surface area contributed by atoms with E-state index in [0.717, 1.165) is 6.42 Å². The largest absolute Gasteiger partial charge is 0.469 e. The molecule has 3 heteroatoms.